The van der Waals surface area contributed by atoms with Crippen LogP contribution in [0, 0.1) is 5.41 Å². The number of carbonyl (C=O) groups is 2. The lowest BCUT2D eigenvalue weighted by atomic mass is 9.73. The van der Waals surface area contributed by atoms with Crippen LogP contribution in [0.15, 0.2) is 47.4 Å². The van der Waals surface area contributed by atoms with E-state index in [1.54, 1.807) is 11.0 Å². The zero-order valence-corrected chi connectivity index (χ0v) is 14.8. The fourth-order valence-electron chi connectivity index (χ4n) is 3.34. The molecule has 1 fully saturated rings. The summed E-state index contributed by atoms with van der Waals surface area (Å²) < 4.78 is 0. The maximum atomic E-state index is 12.5. The summed E-state index contributed by atoms with van der Waals surface area (Å²) in [6.45, 7) is 0.684. The van der Waals surface area contributed by atoms with Crippen LogP contribution in [0.3, 0.4) is 0 Å². The molecule has 0 radical (unpaired) electrons. The summed E-state index contributed by atoms with van der Waals surface area (Å²) >= 11 is 6.20. The molecule has 0 unspecified atom stereocenters. The van der Waals surface area contributed by atoms with E-state index in [4.69, 9.17) is 11.6 Å². The molecule has 0 atom stereocenters. The lowest BCUT2D eigenvalue weighted by Crippen LogP contribution is -2.47. The second kappa shape index (κ2) is 7.33. The largest absolute Gasteiger partial charge is 0.481 e. The number of aromatic nitrogens is 1. The van der Waals surface area contributed by atoms with Crippen LogP contribution in [0.2, 0.25) is 5.02 Å². The first-order chi connectivity index (χ1) is 12.4. The molecule has 3 rings (SSSR count). The van der Waals surface area contributed by atoms with Crippen molar-refractivity contribution in [3.8, 4) is 0 Å². The van der Waals surface area contributed by atoms with Gasteiger partial charge in [0.15, 0.2) is 0 Å². The molecule has 136 valence electrons. The summed E-state index contributed by atoms with van der Waals surface area (Å²) in [6.07, 6.45) is 2.42. The summed E-state index contributed by atoms with van der Waals surface area (Å²) in [5.74, 6) is -1.08. The molecule has 0 spiro atoms. The molecule has 0 aliphatic carbocycles. The molecule has 2 heterocycles. The SMILES string of the molecule is O=C(c1ccc(=O)[nH]c1)N1CCC(Cc2ccccc2Cl)(C(=O)O)CC1. The Morgan fingerprint density at radius 3 is 2.42 bits per heavy atom. The van der Waals surface area contributed by atoms with Gasteiger partial charge in [-0.3, -0.25) is 14.4 Å². The first-order valence-corrected chi connectivity index (χ1v) is 8.74. The van der Waals surface area contributed by atoms with Crippen molar-refractivity contribution in [1.29, 1.82) is 0 Å². The summed E-state index contributed by atoms with van der Waals surface area (Å²) in [6, 6.07) is 10.0. The van der Waals surface area contributed by atoms with Gasteiger partial charge in [0.05, 0.1) is 11.0 Å². The number of nitrogens with one attached hydrogen (secondary N) is 1. The Hall–Kier alpha value is -2.60. The van der Waals surface area contributed by atoms with Crippen molar-refractivity contribution in [2.75, 3.05) is 13.1 Å². The average molecular weight is 375 g/mol. The lowest BCUT2D eigenvalue weighted by Gasteiger charge is -2.39. The molecule has 2 N–H and O–H groups in total. The van der Waals surface area contributed by atoms with E-state index in [-0.39, 0.29) is 11.5 Å². The number of benzene rings is 1. The van der Waals surface area contributed by atoms with Gasteiger partial charge in [-0.15, -0.1) is 0 Å². The van der Waals surface area contributed by atoms with Gasteiger partial charge in [0.1, 0.15) is 0 Å². The van der Waals surface area contributed by atoms with Crippen molar-refractivity contribution in [2.45, 2.75) is 19.3 Å². The molecule has 1 amide bonds. The van der Waals surface area contributed by atoms with Crippen molar-refractivity contribution in [2.24, 2.45) is 5.41 Å². The molecule has 6 nitrogen and oxygen atoms in total. The number of H-pyrrole nitrogens is 1. The highest BCUT2D eigenvalue weighted by Crippen LogP contribution is 2.37. The van der Waals surface area contributed by atoms with E-state index in [0.29, 0.717) is 42.9 Å². The first-order valence-electron chi connectivity index (χ1n) is 8.36. The number of piperidine rings is 1. The highest BCUT2D eigenvalue weighted by Gasteiger charge is 2.42. The Bertz CT molecular complexity index is 865. The van der Waals surface area contributed by atoms with Gasteiger partial charge in [0.25, 0.3) is 5.91 Å². The topological polar surface area (TPSA) is 90.5 Å². The van der Waals surface area contributed by atoms with E-state index >= 15 is 0 Å². The van der Waals surface area contributed by atoms with Gasteiger partial charge in [-0.05, 0) is 37.0 Å². The number of amides is 1. The number of hydrogen-bond donors (Lipinski definition) is 2. The Morgan fingerprint density at radius 1 is 1.15 bits per heavy atom. The monoisotopic (exact) mass is 374 g/mol. The summed E-state index contributed by atoms with van der Waals surface area (Å²) in [5, 5.41) is 10.4. The van der Waals surface area contributed by atoms with Crippen LogP contribution in [-0.4, -0.2) is 40.0 Å². The maximum Gasteiger partial charge on any atom is 0.310 e. The van der Waals surface area contributed by atoms with Crippen molar-refractivity contribution >= 4 is 23.5 Å². The van der Waals surface area contributed by atoms with E-state index in [0.717, 1.165) is 5.56 Å². The maximum absolute atomic E-state index is 12.5. The number of likely N-dealkylation sites (tertiary alicyclic amines) is 1. The number of carboxylic acids is 1. The molecule has 7 heteroatoms. The fraction of sp³-hybridized carbons (Fsp3) is 0.316. The quantitative estimate of drug-likeness (QED) is 0.860. The predicted molar refractivity (Wildman–Crippen MR) is 97.4 cm³/mol. The Morgan fingerprint density at radius 2 is 1.85 bits per heavy atom. The lowest BCUT2D eigenvalue weighted by molar-refractivity contribution is -0.151. The third-order valence-corrected chi connectivity index (χ3v) is 5.35. The van der Waals surface area contributed by atoms with Gasteiger partial charge < -0.3 is 15.0 Å². The predicted octanol–water partition coefficient (Wildman–Crippen LogP) is 2.58. The van der Waals surface area contributed by atoms with Gasteiger partial charge in [0, 0.05) is 30.4 Å². The number of hydrogen-bond acceptors (Lipinski definition) is 3. The Balaban J connectivity index is 1.74. The molecule has 1 aliphatic rings. The van der Waals surface area contributed by atoms with Gasteiger partial charge in [-0.1, -0.05) is 29.8 Å². The molecular formula is C19H19ClN2O4. The van der Waals surface area contributed by atoms with Crippen LogP contribution in [-0.2, 0) is 11.2 Å². The van der Waals surface area contributed by atoms with Gasteiger partial charge in [-0.25, -0.2) is 0 Å². The molecule has 1 saturated heterocycles. The second-order valence-electron chi connectivity index (χ2n) is 6.59. The van der Waals surface area contributed by atoms with Crippen LogP contribution in [0.5, 0.6) is 0 Å². The minimum atomic E-state index is -0.938. The second-order valence-corrected chi connectivity index (χ2v) is 6.99. The van der Waals surface area contributed by atoms with Crippen LogP contribution in [0.25, 0.3) is 0 Å². The van der Waals surface area contributed by atoms with E-state index < -0.39 is 11.4 Å². The van der Waals surface area contributed by atoms with E-state index in [1.165, 1.54) is 18.3 Å². The summed E-state index contributed by atoms with van der Waals surface area (Å²) in [7, 11) is 0. The molecule has 2 aromatic rings. The number of rotatable bonds is 4. The summed E-state index contributed by atoms with van der Waals surface area (Å²) in [4.78, 5) is 39.8. The highest BCUT2D eigenvalue weighted by atomic mass is 35.5. The standard InChI is InChI=1S/C19H19ClN2O4/c20-15-4-2-1-3-13(15)11-19(18(25)26)7-9-22(10-8-19)17(24)14-5-6-16(23)21-12-14/h1-6,12H,7-11H2,(H,21,23)(H,25,26). The number of pyridine rings is 1. The number of halogens is 1. The van der Waals surface area contributed by atoms with Crippen molar-refractivity contribution < 1.29 is 14.7 Å². The number of aromatic amines is 1. The number of carboxylic acid groups (broad SMARTS) is 1. The summed E-state index contributed by atoms with van der Waals surface area (Å²) in [5.41, 5.74) is -0.0207. The van der Waals surface area contributed by atoms with E-state index in [9.17, 15) is 19.5 Å². The van der Waals surface area contributed by atoms with Crippen molar-refractivity contribution in [1.82, 2.24) is 9.88 Å². The first kappa shape index (κ1) is 18.2. The Kier molecular flexibility index (Phi) is 5.13. The zero-order chi connectivity index (χ0) is 18.7. The smallest absolute Gasteiger partial charge is 0.310 e. The fourth-order valence-corrected chi connectivity index (χ4v) is 3.54. The zero-order valence-electron chi connectivity index (χ0n) is 14.1. The molecule has 1 aromatic heterocycles. The average Bonchev–Trinajstić information content (AvgIpc) is 2.64. The van der Waals surface area contributed by atoms with E-state index in [1.807, 2.05) is 18.2 Å². The van der Waals surface area contributed by atoms with E-state index in [2.05, 4.69) is 4.98 Å². The van der Waals surface area contributed by atoms with Crippen LogP contribution in [0.4, 0.5) is 0 Å². The minimum Gasteiger partial charge on any atom is -0.481 e. The number of carbonyl (C=O) groups excluding carboxylic acids is 1. The normalized spacial score (nSPS) is 16.3. The van der Waals surface area contributed by atoms with Gasteiger partial charge >= 0.3 is 5.97 Å². The van der Waals surface area contributed by atoms with Crippen molar-refractivity contribution in [3.05, 3.63) is 69.1 Å². The molecule has 1 aromatic carbocycles. The molecule has 0 saturated carbocycles. The third kappa shape index (κ3) is 3.65. The van der Waals surface area contributed by atoms with Gasteiger partial charge in [-0.2, -0.15) is 0 Å². The molecular weight excluding hydrogens is 356 g/mol. The molecule has 26 heavy (non-hydrogen) atoms. The molecule has 0 bridgehead atoms. The number of aliphatic carboxylic acids is 1. The Labute approximate surface area is 155 Å². The third-order valence-electron chi connectivity index (χ3n) is 4.98. The van der Waals surface area contributed by atoms with Gasteiger partial charge in [0.2, 0.25) is 5.56 Å². The number of nitrogens with zero attached hydrogens (tertiary/aromatic N) is 1. The van der Waals surface area contributed by atoms with Crippen molar-refractivity contribution in [3.63, 3.8) is 0 Å². The highest BCUT2D eigenvalue weighted by molar-refractivity contribution is 6.31. The van der Waals surface area contributed by atoms with Crippen LogP contribution in [0.1, 0.15) is 28.8 Å². The van der Waals surface area contributed by atoms with Crippen LogP contribution >= 0.6 is 11.6 Å². The molecule has 1 aliphatic heterocycles. The van der Waals surface area contributed by atoms with Crippen LogP contribution < -0.4 is 5.56 Å². The minimum absolute atomic E-state index is 0.210.